The Morgan fingerprint density at radius 3 is 2.29 bits per heavy atom. The quantitative estimate of drug-likeness (QED) is 0.601. The third kappa shape index (κ3) is 2.70. The highest BCUT2D eigenvalue weighted by Crippen LogP contribution is 2.20. The van der Waals surface area contributed by atoms with Crippen molar-refractivity contribution in [3.63, 3.8) is 0 Å². The van der Waals surface area contributed by atoms with E-state index in [1.807, 2.05) is 0 Å². The molecular formula is C9H14O5. The maximum atomic E-state index is 10.8. The summed E-state index contributed by atoms with van der Waals surface area (Å²) in [6.45, 7) is 4.68. The van der Waals surface area contributed by atoms with Crippen molar-refractivity contribution in [2.24, 2.45) is 0 Å². The Morgan fingerprint density at radius 1 is 1.21 bits per heavy atom. The van der Waals surface area contributed by atoms with E-state index in [2.05, 4.69) is 0 Å². The smallest absolute Gasteiger partial charge is 0.303 e. The summed E-state index contributed by atoms with van der Waals surface area (Å²) in [7, 11) is 0. The van der Waals surface area contributed by atoms with Crippen LogP contribution in [0.15, 0.2) is 0 Å². The second-order valence-corrected chi connectivity index (χ2v) is 3.26. The summed E-state index contributed by atoms with van der Waals surface area (Å²) in [5.74, 6) is -0.797. The van der Waals surface area contributed by atoms with Crippen molar-refractivity contribution in [2.45, 2.75) is 39.1 Å². The molecule has 80 valence electrons. The molecule has 0 radical (unpaired) electrons. The lowest BCUT2D eigenvalue weighted by molar-refractivity contribution is -0.162. The topological polar surface area (TPSA) is 61.8 Å². The van der Waals surface area contributed by atoms with Gasteiger partial charge in [-0.3, -0.25) is 9.59 Å². The van der Waals surface area contributed by atoms with Gasteiger partial charge in [0.2, 0.25) is 0 Å². The van der Waals surface area contributed by atoms with Gasteiger partial charge < -0.3 is 14.2 Å². The van der Waals surface area contributed by atoms with Crippen molar-refractivity contribution >= 4 is 11.9 Å². The lowest BCUT2D eigenvalue weighted by Gasteiger charge is -2.19. The van der Waals surface area contributed by atoms with Crippen molar-refractivity contribution in [2.75, 3.05) is 6.61 Å². The van der Waals surface area contributed by atoms with Crippen LogP contribution >= 0.6 is 0 Å². The predicted molar refractivity (Wildman–Crippen MR) is 46.5 cm³/mol. The zero-order valence-corrected chi connectivity index (χ0v) is 8.48. The second-order valence-electron chi connectivity index (χ2n) is 3.26. The van der Waals surface area contributed by atoms with Crippen LogP contribution in [0.2, 0.25) is 0 Å². The average molecular weight is 202 g/mol. The van der Waals surface area contributed by atoms with Crippen LogP contribution in [0.1, 0.15) is 20.8 Å². The fraction of sp³-hybridized carbons (Fsp3) is 0.778. The van der Waals surface area contributed by atoms with E-state index in [0.29, 0.717) is 0 Å². The lowest BCUT2D eigenvalue weighted by atomic mass is 10.2. The van der Waals surface area contributed by atoms with E-state index >= 15 is 0 Å². The summed E-state index contributed by atoms with van der Waals surface area (Å²) in [4.78, 5) is 21.5. The Hall–Kier alpha value is -1.10. The molecule has 0 aliphatic carbocycles. The van der Waals surface area contributed by atoms with Crippen LogP contribution in [-0.4, -0.2) is 36.9 Å². The third-order valence-corrected chi connectivity index (χ3v) is 1.97. The molecule has 3 atom stereocenters. The summed E-state index contributed by atoms with van der Waals surface area (Å²) in [5, 5.41) is 0. The van der Waals surface area contributed by atoms with Gasteiger partial charge in [-0.25, -0.2) is 0 Å². The highest BCUT2D eigenvalue weighted by Gasteiger charge is 2.39. The summed E-state index contributed by atoms with van der Waals surface area (Å²) < 4.78 is 15.2. The molecule has 0 bridgehead atoms. The molecule has 5 heteroatoms. The zero-order valence-electron chi connectivity index (χ0n) is 8.48. The first-order chi connectivity index (χ1) is 6.50. The third-order valence-electron chi connectivity index (χ3n) is 1.97. The molecule has 0 spiro atoms. The highest BCUT2D eigenvalue weighted by molar-refractivity contribution is 5.67. The first-order valence-corrected chi connectivity index (χ1v) is 4.46. The van der Waals surface area contributed by atoms with E-state index in [1.165, 1.54) is 13.8 Å². The Kier molecular flexibility index (Phi) is 3.46. The van der Waals surface area contributed by atoms with Gasteiger partial charge in [-0.05, 0) is 6.92 Å². The van der Waals surface area contributed by atoms with Crippen molar-refractivity contribution in [3.8, 4) is 0 Å². The first-order valence-electron chi connectivity index (χ1n) is 4.46. The van der Waals surface area contributed by atoms with Gasteiger partial charge in [0, 0.05) is 13.8 Å². The number of rotatable bonds is 2. The molecule has 0 aromatic rings. The molecule has 5 nitrogen and oxygen atoms in total. The Balaban J connectivity index is 2.56. The molecule has 0 saturated carbocycles. The fourth-order valence-corrected chi connectivity index (χ4v) is 1.42. The predicted octanol–water partition coefficient (Wildman–Crippen LogP) is 0.268. The Bertz CT molecular complexity index is 237. The molecule has 1 rings (SSSR count). The Labute approximate surface area is 82.3 Å². The van der Waals surface area contributed by atoms with Crippen molar-refractivity contribution in [3.05, 3.63) is 0 Å². The van der Waals surface area contributed by atoms with Crippen LogP contribution < -0.4 is 0 Å². The molecule has 0 amide bonds. The van der Waals surface area contributed by atoms with Gasteiger partial charge in [0.05, 0.1) is 12.7 Å². The molecular weight excluding hydrogens is 188 g/mol. The number of carbonyl (C=O) groups excluding carboxylic acids is 2. The minimum Gasteiger partial charge on any atom is -0.456 e. The summed E-state index contributed by atoms with van der Waals surface area (Å²) in [6.07, 6.45) is -1.20. The lowest BCUT2D eigenvalue weighted by Crippen LogP contribution is -2.36. The van der Waals surface area contributed by atoms with Gasteiger partial charge in [0.15, 0.2) is 12.2 Å². The van der Waals surface area contributed by atoms with Crippen molar-refractivity contribution in [1.82, 2.24) is 0 Å². The SMILES string of the molecule is CC(=O)OC1CO[C@H](C)C1OC(C)=O. The molecule has 1 heterocycles. The van der Waals surface area contributed by atoms with Gasteiger partial charge in [0.1, 0.15) is 0 Å². The molecule has 0 aromatic heterocycles. The van der Waals surface area contributed by atoms with E-state index in [0.717, 1.165) is 0 Å². The minimum absolute atomic E-state index is 0.233. The summed E-state index contributed by atoms with van der Waals surface area (Å²) >= 11 is 0. The average Bonchev–Trinajstić information content (AvgIpc) is 2.34. The van der Waals surface area contributed by atoms with E-state index in [4.69, 9.17) is 14.2 Å². The molecule has 0 N–H and O–H groups in total. The van der Waals surface area contributed by atoms with Gasteiger partial charge in [0.25, 0.3) is 0 Å². The van der Waals surface area contributed by atoms with Crippen molar-refractivity contribution in [1.29, 1.82) is 0 Å². The number of ether oxygens (including phenoxy) is 3. The maximum absolute atomic E-state index is 10.8. The normalized spacial score (nSPS) is 31.2. The van der Waals surface area contributed by atoms with E-state index in [1.54, 1.807) is 6.92 Å². The van der Waals surface area contributed by atoms with Gasteiger partial charge in [-0.15, -0.1) is 0 Å². The highest BCUT2D eigenvalue weighted by atomic mass is 16.6. The molecule has 1 fully saturated rings. The first kappa shape index (κ1) is 11.0. The van der Waals surface area contributed by atoms with Gasteiger partial charge >= 0.3 is 11.9 Å². The van der Waals surface area contributed by atoms with Crippen LogP contribution in [0.3, 0.4) is 0 Å². The molecule has 2 unspecified atom stereocenters. The largest absolute Gasteiger partial charge is 0.456 e. The molecule has 14 heavy (non-hydrogen) atoms. The van der Waals surface area contributed by atoms with Crippen molar-refractivity contribution < 1.29 is 23.8 Å². The summed E-state index contributed by atoms with van der Waals surface area (Å²) in [6, 6.07) is 0. The monoisotopic (exact) mass is 202 g/mol. The Morgan fingerprint density at radius 2 is 1.79 bits per heavy atom. The van der Waals surface area contributed by atoms with Crippen LogP contribution in [0.25, 0.3) is 0 Å². The number of esters is 2. The van der Waals surface area contributed by atoms with Gasteiger partial charge in [-0.1, -0.05) is 0 Å². The zero-order chi connectivity index (χ0) is 10.7. The molecule has 1 saturated heterocycles. The number of hydrogen-bond acceptors (Lipinski definition) is 5. The number of hydrogen-bond donors (Lipinski definition) is 0. The van der Waals surface area contributed by atoms with E-state index in [-0.39, 0.29) is 12.7 Å². The fourth-order valence-electron chi connectivity index (χ4n) is 1.42. The molecule has 0 aromatic carbocycles. The van der Waals surface area contributed by atoms with Crippen LogP contribution in [0.5, 0.6) is 0 Å². The number of carbonyl (C=O) groups is 2. The molecule has 1 aliphatic heterocycles. The van der Waals surface area contributed by atoms with E-state index in [9.17, 15) is 9.59 Å². The van der Waals surface area contributed by atoms with Gasteiger partial charge in [-0.2, -0.15) is 0 Å². The van der Waals surface area contributed by atoms with Crippen LogP contribution in [-0.2, 0) is 23.8 Å². The van der Waals surface area contributed by atoms with Crippen LogP contribution in [0.4, 0.5) is 0 Å². The van der Waals surface area contributed by atoms with Crippen LogP contribution in [0, 0.1) is 0 Å². The van der Waals surface area contributed by atoms with E-state index < -0.39 is 24.1 Å². The molecule has 1 aliphatic rings. The minimum atomic E-state index is -0.489. The maximum Gasteiger partial charge on any atom is 0.303 e. The summed E-state index contributed by atoms with van der Waals surface area (Å²) in [5.41, 5.74) is 0. The second kappa shape index (κ2) is 4.41. The standard InChI is InChI=1S/C9H14O5/c1-5-9(14-7(3)11)8(4-12-5)13-6(2)10/h5,8-9H,4H2,1-3H3/t5-,8?,9?/m1/s1.